The smallest absolute Gasteiger partial charge is 0.180 e. The predicted octanol–water partition coefficient (Wildman–Crippen LogP) is 30.7. The number of furan rings is 1. The summed E-state index contributed by atoms with van der Waals surface area (Å²) in [6.07, 6.45) is 0. The molecule has 0 saturated carbocycles. The van der Waals surface area contributed by atoms with Crippen LogP contribution in [0.5, 0.6) is 0 Å². The van der Waals surface area contributed by atoms with Crippen molar-refractivity contribution in [2.45, 2.75) is 0 Å². The Morgan fingerprint density at radius 2 is 0.573 bits per heavy atom. The van der Waals surface area contributed by atoms with Crippen LogP contribution >= 0.6 is 0 Å². The molecule has 0 fully saturated rings. The first-order valence-corrected chi connectivity index (χ1v) is 41.9. The van der Waals surface area contributed by atoms with E-state index in [4.69, 9.17) is 34.3 Å². The number of hydrogen-bond acceptors (Lipinski definition) is 7. The van der Waals surface area contributed by atoms with E-state index < -0.39 is 0 Å². The Hall–Kier alpha value is -16.7. The third kappa shape index (κ3) is 13.3. The van der Waals surface area contributed by atoms with Crippen molar-refractivity contribution in [3.05, 3.63) is 443 Å². The molecule has 578 valence electrons. The molecule has 0 spiro atoms. The molecule has 0 saturated heterocycles. The van der Waals surface area contributed by atoms with Gasteiger partial charge < -0.3 is 4.42 Å². The first-order chi connectivity index (χ1) is 61.4. The van der Waals surface area contributed by atoms with Gasteiger partial charge in [0, 0.05) is 44.5 Å². The molecule has 0 amide bonds. The van der Waals surface area contributed by atoms with Crippen LogP contribution in [0.25, 0.3) is 237 Å². The van der Waals surface area contributed by atoms with Gasteiger partial charge in [0.2, 0.25) is 0 Å². The third-order valence-electron chi connectivity index (χ3n) is 24.2. The summed E-state index contributed by atoms with van der Waals surface area (Å²) < 4.78 is 8.63. The van der Waals surface area contributed by atoms with Crippen molar-refractivity contribution in [2.24, 2.45) is 0 Å². The van der Waals surface area contributed by atoms with E-state index in [1.165, 1.54) is 114 Å². The van der Waals surface area contributed by atoms with Crippen molar-refractivity contribution in [2.75, 3.05) is 0 Å². The van der Waals surface area contributed by atoms with Gasteiger partial charge >= 0.3 is 0 Å². The Bertz CT molecular complexity index is 8460. The zero-order chi connectivity index (χ0) is 82.0. The number of hydrogen-bond donors (Lipinski definition) is 0. The Morgan fingerprint density at radius 1 is 0.194 bits per heavy atom. The van der Waals surface area contributed by atoms with Crippen LogP contribution in [-0.2, 0) is 0 Å². The quantitative estimate of drug-likeness (QED) is 0.126. The van der Waals surface area contributed by atoms with Crippen LogP contribution < -0.4 is 0 Å². The molecule has 0 N–H and O–H groups in total. The molecule has 124 heavy (non-hydrogen) atoms. The second kappa shape index (κ2) is 30.9. The standard InChI is InChI=1S/C40H24N2O.C39H25N3.C37H24N2/c1-2-8-25(9-3-1)26-14-17-29(18-15-26)37-39-38(34-12-6-7-13-36(34)43-39)42-40(41-37)30-19-16-28-21-22-32-31-11-5-4-10-27(31)20-23-33(32)35(28)24-30;1-3-11-28(12-4-1)35-16-9-17-36(40-35)38-25-37(29-13-5-2-6-14-29)41-39(42-38)30-19-18-27-21-22-32-31-15-8-7-10-26(31)20-23-33(32)34(27)24-30;1-2-9-30(10-3-1)39-36-13-7-6-12-35(36)38-37(39)28-17-14-25(15-18-28)29-19-16-27-21-22-32-31-11-5-4-8-26(31)20-23-33(32)34(27)24-29/h1-24H;1-25H;1-24H. The third-order valence-corrected chi connectivity index (χ3v) is 24.2. The topological polar surface area (TPSA) is 95.4 Å². The van der Waals surface area contributed by atoms with Crippen LogP contribution in [0.1, 0.15) is 0 Å². The van der Waals surface area contributed by atoms with E-state index in [1.54, 1.807) is 0 Å². The molecule has 0 aliphatic carbocycles. The molecule has 8 heteroatoms. The number of nitrogens with zero attached hydrogens (tertiary/aromatic N) is 7. The van der Waals surface area contributed by atoms with Crippen molar-refractivity contribution in [3.63, 3.8) is 0 Å². The van der Waals surface area contributed by atoms with E-state index in [9.17, 15) is 0 Å². The summed E-state index contributed by atoms with van der Waals surface area (Å²) in [6.45, 7) is 0. The van der Waals surface area contributed by atoms with Gasteiger partial charge in [0.05, 0.1) is 33.8 Å². The zero-order valence-corrected chi connectivity index (χ0v) is 67.2. The van der Waals surface area contributed by atoms with Gasteiger partial charge in [-0.2, -0.15) is 0 Å². The highest BCUT2D eigenvalue weighted by Crippen LogP contribution is 2.42. The average Bonchev–Trinajstić information content (AvgIpc) is 1.60. The van der Waals surface area contributed by atoms with Crippen LogP contribution in [0, 0.1) is 0 Å². The predicted molar refractivity (Wildman–Crippen MR) is 517 cm³/mol. The second-order valence-electron chi connectivity index (χ2n) is 31.5. The zero-order valence-electron chi connectivity index (χ0n) is 67.2. The van der Waals surface area contributed by atoms with E-state index >= 15 is 0 Å². The number of imidazole rings is 1. The van der Waals surface area contributed by atoms with E-state index in [-0.39, 0.29) is 0 Å². The maximum atomic E-state index is 6.39. The largest absolute Gasteiger partial charge is 0.452 e. The molecule has 25 aromatic rings. The second-order valence-corrected chi connectivity index (χ2v) is 31.5. The van der Waals surface area contributed by atoms with Gasteiger partial charge in [0.15, 0.2) is 17.2 Å². The van der Waals surface area contributed by atoms with E-state index in [1.807, 2.05) is 97.1 Å². The maximum absolute atomic E-state index is 6.39. The molecule has 25 rings (SSSR count). The fourth-order valence-electron chi connectivity index (χ4n) is 18.0. The van der Waals surface area contributed by atoms with Crippen LogP contribution in [0.4, 0.5) is 0 Å². The molecule has 0 atom stereocenters. The normalized spacial score (nSPS) is 11.5. The van der Waals surface area contributed by atoms with E-state index in [0.717, 1.165) is 106 Å². The summed E-state index contributed by atoms with van der Waals surface area (Å²) in [5.41, 5.74) is 20.6. The molecule has 20 aromatic carbocycles. The monoisotopic (exact) mass is 1580 g/mol. The first kappa shape index (κ1) is 72.5. The molecular formula is C116H73N7O. The summed E-state index contributed by atoms with van der Waals surface area (Å²) in [5, 5.41) is 23.4. The summed E-state index contributed by atoms with van der Waals surface area (Å²) in [7, 11) is 0. The Kier molecular flexibility index (Phi) is 18.1. The minimum Gasteiger partial charge on any atom is -0.452 e. The van der Waals surface area contributed by atoms with Crippen LogP contribution in [0.3, 0.4) is 0 Å². The number of para-hydroxylation sites is 4. The first-order valence-electron chi connectivity index (χ1n) is 41.9. The van der Waals surface area contributed by atoms with Gasteiger partial charge in [-0.05, 0) is 192 Å². The lowest BCUT2D eigenvalue weighted by Crippen LogP contribution is -1.97. The molecule has 0 bridgehead atoms. The number of rotatable bonds is 10. The molecule has 5 heterocycles. The lowest BCUT2D eigenvalue weighted by Gasteiger charge is -2.12. The molecule has 5 aromatic heterocycles. The Morgan fingerprint density at radius 3 is 1.13 bits per heavy atom. The van der Waals surface area contributed by atoms with Crippen molar-refractivity contribution in [1.82, 2.24) is 34.5 Å². The van der Waals surface area contributed by atoms with Crippen molar-refractivity contribution < 1.29 is 4.42 Å². The van der Waals surface area contributed by atoms with Gasteiger partial charge in [0.1, 0.15) is 22.6 Å². The Labute approximate surface area is 714 Å². The summed E-state index contributed by atoms with van der Waals surface area (Å²) in [6, 6.07) is 156. The van der Waals surface area contributed by atoms with Crippen LogP contribution in [0.2, 0.25) is 0 Å². The highest BCUT2D eigenvalue weighted by atomic mass is 16.3. The fraction of sp³-hybridized carbons (Fsp3) is 0. The lowest BCUT2D eigenvalue weighted by atomic mass is 9.94. The van der Waals surface area contributed by atoms with Crippen molar-refractivity contribution in [3.8, 4) is 107 Å². The van der Waals surface area contributed by atoms with Crippen molar-refractivity contribution >= 4 is 130 Å². The number of benzene rings is 20. The van der Waals surface area contributed by atoms with Gasteiger partial charge in [-0.3, -0.25) is 4.57 Å². The summed E-state index contributed by atoms with van der Waals surface area (Å²) in [4.78, 5) is 30.5. The molecule has 0 aliphatic heterocycles. The van der Waals surface area contributed by atoms with Gasteiger partial charge in [-0.25, -0.2) is 29.9 Å². The number of pyridine rings is 1. The highest BCUT2D eigenvalue weighted by Gasteiger charge is 2.22. The molecular weight excluding hydrogens is 1510 g/mol. The molecule has 0 unspecified atom stereocenters. The number of fused-ring (bicyclic) bond motifs is 19. The molecule has 0 aliphatic rings. The SMILES string of the molecule is c1ccc(-c2ccc(-c3nc(-c4ccc5ccc6c7ccccc7ccc6c5c4)nc4c3oc3ccccc34)cc2)cc1.c1ccc(-c2cccc(-c3cc(-c4ccccc4)nc(-c4ccc5ccc6c7ccccc7ccc6c5c4)n3)n2)cc1.c1ccc(-n2c(-c3ccc(-c4ccc5ccc6c7ccccc7ccc6c5c4)cc3)nc3ccccc32)cc1. The summed E-state index contributed by atoms with van der Waals surface area (Å²) in [5.74, 6) is 2.31. The average molecular weight is 1580 g/mol. The minimum atomic E-state index is 0.679. The minimum absolute atomic E-state index is 0.679. The Balaban J connectivity index is 0.000000108. The van der Waals surface area contributed by atoms with Gasteiger partial charge in [0.25, 0.3) is 0 Å². The van der Waals surface area contributed by atoms with E-state index in [2.05, 4.69) is 350 Å². The summed E-state index contributed by atoms with van der Waals surface area (Å²) >= 11 is 0. The molecule has 0 radical (unpaired) electrons. The van der Waals surface area contributed by atoms with Crippen LogP contribution in [0.15, 0.2) is 447 Å². The van der Waals surface area contributed by atoms with E-state index in [0.29, 0.717) is 17.2 Å². The van der Waals surface area contributed by atoms with Crippen LogP contribution in [-0.4, -0.2) is 34.5 Å². The van der Waals surface area contributed by atoms with Gasteiger partial charge in [-0.15, -0.1) is 0 Å². The fourth-order valence-corrected chi connectivity index (χ4v) is 18.0. The highest BCUT2D eigenvalue weighted by molar-refractivity contribution is 6.21. The maximum Gasteiger partial charge on any atom is 0.180 e. The number of aromatic nitrogens is 7. The van der Waals surface area contributed by atoms with Crippen molar-refractivity contribution in [1.29, 1.82) is 0 Å². The van der Waals surface area contributed by atoms with Gasteiger partial charge in [-0.1, -0.05) is 370 Å². The molecule has 8 nitrogen and oxygen atoms in total. The lowest BCUT2D eigenvalue weighted by molar-refractivity contribution is 0.667.